The molecule has 1 saturated heterocycles. The molecule has 0 unspecified atom stereocenters. The summed E-state index contributed by atoms with van der Waals surface area (Å²) in [6.45, 7) is 8.21. The average molecular weight is 364 g/mol. The van der Waals surface area contributed by atoms with Gasteiger partial charge in [-0.25, -0.2) is 4.79 Å². The molecular formula is C20H32N2O4. The fraction of sp³-hybridized carbons (Fsp3) is 0.650. The van der Waals surface area contributed by atoms with Crippen molar-refractivity contribution < 1.29 is 19.7 Å². The van der Waals surface area contributed by atoms with Crippen molar-refractivity contribution in [2.45, 2.75) is 51.4 Å². The number of carbonyl (C=O) groups is 1. The van der Waals surface area contributed by atoms with Gasteiger partial charge in [0.05, 0.1) is 12.2 Å². The van der Waals surface area contributed by atoms with Crippen LogP contribution in [-0.4, -0.2) is 70.1 Å². The third kappa shape index (κ3) is 6.59. The molecule has 6 nitrogen and oxygen atoms in total. The van der Waals surface area contributed by atoms with Crippen molar-refractivity contribution in [3.05, 3.63) is 35.9 Å². The predicted octanol–water partition coefficient (Wildman–Crippen LogP) is 2.24. The lowest BCUT2D eigenvalue weighted by atomic mass is 9.90. The molecular weight excluding hydrogens is 332 g/mol. The third-order valence-electron chi connectivity index (χ3n) is 4.53. The van der Waals surface area contributed by atoms with E-state index in [1.807, 2.05) is 51.1 Å². The molecule has 1 aromatic rings. The van der Waals surface area contributed by atoms with Gasteiger partial charge < -0.3 is 19.8 Å². The lowest BCUT2D eigenvalue weighted by Gasteiger charge is -2.41. The quantitative estimate of drug-likeness (QED) is 0.810. The largest absolute Gasteiger partial charge is 0.444 e. The smallest absolute Gasteiger partial charge is 0.410 e. The van der Waals surface area contributed by atoms with Gasteiger partial charge in [0, 0.05) is 32.7 Å². The first-order chi connectivity index (χ1) is 12.2. The van der Waals surface area contributed by atoms with Crippen LogP contribution in [0.15, 0.2) is 30.3 Å². The lowest BCUT2D eigenvalue weighted by molar-refractivity contribution is -0.0529. The number of aliphatic hydroxyl groups excluding tert-OH is 1. The maximum absolute atomic E-state index is 12.2. The van der Waals surface area contributed by atoms with Gasteiger partial charge in [0.15, 0.2) is 0 Å². The van der Waals surface area contributed by atoms with Crippen molar-refractivity contribution in [2.75, 3.05) is 32.8 Å². The molecule has 2 N–H and O–H groups in total. The number of benzene rings is 1. The molecule has 1 aliphatic rings. The number of piperidine rings is 1. The Morgan fingerprint density at radius 2 is 1.85 bits per heavy atom. The molecule has 2 rings (SSSR count). The van der Waals surface area contributed by atoms with Crippen LogP contribution in [0, 0.1) is 0 Å². The highest BCUT2D eigenvalue weighted by molar-refractivity contribution is 5.68. The SMILES string of the molecule is CC(C)(C)OC(=O)N1CCC(O)(CN(CCO)Cc2ccccc2)CC1. The number of carbonyl (C=O) groups excluding carboxylic acids is 1. The molecule has 1 fully saturated rings. The van der Waals surface area contributed by atoms with Crippen molar-refractivity contribution in [2.24, 2.45) is 0 Å². The standard InChI is InChI=1S/C20H32N2O4/c1-19(2,3)26-18(24)22-11-9-20(25,10-12-22)16-21(13-14-23)15-17-7-5-4-6-8-17/h4-8,23,25H,9-16H2,1-3H3. The molecule has 0 radical (unpaired) electrons. The second kappa shape index (κ2) is 8.84. The van der Waals surface area contributed by atoms with Gasteiger partial charge in [-0.3, -0.25) is 4.90 Å². The van der Waals surface area contributed by atoms with Gasteiger partial charge in [0.25, 0.3) is 0 Å². The lowest BCUT2D eigenvalue weighted by Crippen LogP contribution is -2.53. The molecule has 6 heteroatoms. The first-order valence-electron chi connectivity index (χ1n) is 9.28. The van der Waals surface area contributed by atoms with E-state index in [1.54, 1.807) is 4.90 Å². The van der Waals surface area contributed by atoms with Crippen LogP contribution in [-0.2, 0) is 11.3 Å². The summed E-state index contributed by atoms with van der Waals surface area (Å²) in [5, 5.41) is 20.3. The number of likely N-dealkylation sites (tertiary alicyclic amines) is 1. The molecule has 1 amide bonds. The minimum absolute atomic E-state index is 0.0486. The molecule has 1 heterocycles. The summed E-state index contributed by atoms with van der Waals surface area (Å²) in [6.07, 6.45) is 0.683. The van der Waals surface area contributed by atoms with Crippen molar-refractivity contribution in [3.63, 3.8) is 0 Å². The fourth-order valence-electron chi connectivity index (χ4n) is 3.20. The van der Waals surface area contributed by atoms with Crippen LogP contribution >= 0.6 is 0 Å². The topological polar surface area (TPSA) is 73.2 Å². The Bertz CT molecular complexity index is 563. The number of hydrogen-bond donors (Lipinski definition) is 2. The summed E-state index contributed by atoms with van der Waals surface area (Å²) in [5.41, 5.74) is -0.225. The van der Waals surface area contributed by atoms with Crippen molar-refractivity contribution >= 4 is 6.09 Å². The number of ether oxygens (including phenoxy) is 1. The summed E-state index contributed by atoms with van der Waals surface area (Å²) in [5.74, 6) is 0. The van der Waals surface area contributed by atoms with Gasteiger partial charge in [-0.15, -0.1) is 0 Å². The normalized spacial score (nSPS) is 17.4. The molecule has 1 aliphatic heterocycles. The number of rotatable bonds is 6. The van der Waals surface area contributed by atoms with Crippen molar-refractivity contribution in [1.29, 1.82) is 0 Å². The Morgan fingerprint density at radius 3 is 2.38 bits per heavy atom. The zero-order chi connectivity index (χ0) is 19.2. The van der Waals surface area contributed by atoms with E-state index < -0.39 is 11.2 Å². The van der Waals surface area contributed by atoms with Crippen molar-refractivity contribution in [3.8, 4) is 0 Å². The molecule has 146 valence electrons. The van der Waals surface area contributed by atoms with Crippen LogP contribution in [0.5, 0.6) is 0 Å². The molecule has 0 aromatic heterocycles. The van der Waals surface area contributed by atoms with E-state index >= 15 is 0 Å². The summed E-state index contributed by atoms with van der Waals surface area (Å²) in [7, 11) is 0. The molecule has 0 aliphatic carbocycles. The number of hydrogen-bond acceptors (Lipinski definition) is 5. The van der Waals surface area contributed by atoms with Crippen LogP contribution in [0.25, 0.3) is 0 Å². The van der Waals surface area contributed by atoms with Crippen molar-refractivity contribution in [1.82, 2.24) is 9.80 Å². The molecule has 0 bridgehead atoms. The van der Waals surface area contributed by atoms with E-state index in [4.69, 9.17) is 4.74 Å². The second-order valence-corrected chi connectivity index (χ2v) is 8.11. The highest BCUT2D eigenvalue weighted by atomic mass is 16.6. The number of nitrogens with zero attached hydrogens (tertiary/aromatic N) is 2. The van der Waals surface area contributed by atoms with E-state index in [1.165, 1.54) is 0 Å². The number of amides is 1. The first kappa shape index (κ1) is 20.7. The van der Waals surface area contributed by atoms with E-state index in [0.29, 0.717) is 45.6 Å². The minimum atomic E-state index is -0.859. The minimum Gasteiger partial charge on any atom is -0.444 e. The van der Waals surface area contributed by atoms with E-state index in [9.17, 15) is 15.0 Å². The zero-order valence-corrected chi connectivity index (χ0v) is 16.1. The van der Waals surface area contributed by atoms with E-state index in [-0.39, 0.29) is 12.7 Å². The van der Waals surface area contributed by atoms with E-state index in [0.717, 1.165) is 5.56 Å². The van der Waals surface area contributed by atoms with Gasteiger partial charge in [-0.1, -0.05) is 30.3 Å². The predicted molar refractivity (Wildman–Crippen MR) is 101 cm³/mol. The van der Waals surface area contributed by atoms with Crippen LogP contribution in [0.4, 0.5) is 4.79 Å². The second-order valence-electron chi connectivity index (χ2n) is 8.11. The summed E-state index contributed by atoms with van der Waals surface area (Å²) in [4.78, 5) is 15.9. The maximum Gasteiger partial charge on any atom is 0.410 e. The molecule has 26 heavy (non-hydrogen) atoms. The third-order valence-corrected chi connectivity index (χ3v) is 4.53. The van der Waals surface area contributed by atoms with Crippen LogP contribution in [0.2, 0.25) is 0 Å². The monoisotopic (exact) mass is 364 g/mol. The molecule has 0 spiro atoms. The average Bonchev–Trinajstić information content (AvgIpc) is 2.54. The Morgan fingerprint density at radius 1 is 1.23 bits per heavy atom. The number of aliphatic hydroxyl groups is 2. The van der Waals surface area contributed by atoms with E-state index in [2.05, 4.69) is 4.90 Å². The van der Waals surface area contributed by atoms with Crippen LogP contribution < -0.4 is 0 Å². The molecule has 1 aromatic carbocycles. The summed E-state index contributed by atoms with van der Waals surface area (Å²) in [6, 6.07) is 10.0. The summed E-state index contributed by atoms with van der Waals surface area (Å²) < 4.78 is 5.41. The van der Waals surface area contributed by atoms with Gasteiger partial charge >= 0.3 is 6.09 Å². The highest BCUT2D eigenvalue weighted by Gasteiger charge is 2.36. The Hall–Kier alpha value is -1.63. The van der Waals surface area contributed by atoms with Crippen LogP contribution in [0.1, 0.15) is 39.2 Å². The Kier molecular flexibility index (Phi) is 7.03. The fourth-order valence-corrected chi connectivity index (χ4v) is 3.20. The first-order valence-corrected chi connectivity index (χ1v) is 9.28. The maximum atomic E-state index is 12.2. The van der Waals surface area contributed by atoms with Gasteiger partial charge in [-0.05, 0) is 39.2 Å². The Balaban J connectivity index is 1.90. The van der Waals surface area contributed by atoms with Crippen LogP contribution in [0.3, 0.4) is 0 Å². The summed E-state index contributed by atoms with van der Waals surface area (Å²) >= 11 is 0. The van der Waals surface area contributed by atoms with Gasteiger partial charge in [0.2, 0.25) is 0 Å². The Labute approximate surface area is 156 Å². The van der Waals surface area contributed by atoms with Gasteiger partial charge in [0.1, 0.15) is 5.60 Å². The molecule has 0 saturated carbocycles. The molecule has 0 atom stereocenters. The highest BCUT2D eigenvalue weighted by Crippen LogP contribution is 2.25. The zero-order valence-electron chi connectivity index (χ0n) is 16.1. The van der Waals surface area contributed by atoms with Gasteiger partial charge in [-0.2, -0.15) is 0 Å².